The van der Waals surface area contributed by atoms with Gasteiger partial charge in [-0.15, -0.1) is 0 Å². The first-order valence-corrected chi connectivity index (χ1v) is 13.3. The van der Waals surface area contributed by atoms with Gasteiger partial charge in [0.2, 0.25) is 0 Å². The SMILES string of the molecule is CC1=C(CCC(=O)O)c2cc3[nH]c(cc4[nH]c(nc5nc(cc1n2)C(C)=C5C)c(C)c4C)c(C)c3CCC(=O)O. The van der Waals surface area contributed by atoms with Crippen molar-refractivity contribution in [2.24, 2.45) is 0 Å². The molecule has 3 aromatic heterocycles. The third-order valence-corrected chi connectivity index (χ3v) is 8.16. The summed E-state index contributed by atoms with van der Waals surface area (Å²) in [7, 11) is 0. The quantitative estimate of drug-likeness (QED) is 0.284. The summed E-state index contributed by atoms with van der Waals surface area (Å²) in [5, 5.41) is 18.8. The summed E-state index contributed by atoms with van der Waals surface area (Å²) in [5.41, 5.74) is 13.1. The number of H-pyrrole nitrogens is 2. The second kappa shape index (κ2) is 10.2. The molecule has 0 atom stereocenters. The van der Waals surface area contributed by atoms with Crippen LogP contribution in [0.15, 0.2) is 18.2 Å². The molecule has 0 aliphatic carbocycles. The fourth-order valence-corrected chi connectivity index (χ4v) is 5.29. The maximum Gasteiger partial charge on any atom is 0.303 e. The zero-order valence-electron chi connectivity index (χ0n) is 23.6. The van der Waals surface area contributed by atoms with E-state index in [1.165, 1.54) is 0 Å². The van der Waals surface area contributed by atoms with E-state index >= 15 is 0 Å². The van der Waals surface area contributed by atoms with Crippen molar-refractivity contribution in [1.82, 2.24) is 24.9 Å². The van der Waals surface area contributed by atoms with Gasteiger partial charge < -0.3 is 20.2 Å². The molecule has 206 valence electrons. The first kappa shape index (κ1) is 27.1. The molecule has 0 saturated heterocycles. The molecule has 2 aliphatic heterocycles. The number of nitrogens with one attached hydrogen (secondary N) is 2. The Balaban J connectivity index is 1.91. The number of carboxylic acids is 2. The molecule has 0 saturated carbocycles. The van der Waals surface area contributed by atoms with Gasteiger partial charge in [-0.2, -0.15) is 0 Å². The zero-order valence-corrected chi connectivity index (χ0v) is 23.6. The summed E-state index contributed by atoms with van der Waals surface area (Å²) in [4.78, 5) is 44.6. The standard InChI is InChI=1S/C31H33N5O4/c1-14-16(3)30-34-22(14)11-24-18(5)20(7-9-28(37)38)26(32-24)13-27-21(8-10-29(39)40)19(6)25(33-27)12-23-15(2)17(4)31(35-23)36-30/h11-13,32H,7-10H2,1-6H3,(H,37,38)(H,39,40)(H,34,35,36). The van der Waals surface area contributed by atoms with Gasteiger partial charge in [-0.05, 0) is 117 Å². The molecule has 3 aromatic rings. The summed E-state index contributed by atoms with van der Waals surface area (Å²) in [6.45, 7) is 12.0. The highest BCUT2D eigenvalue weighted by Crippen LogP contribution is 2.36. The molecule has 5 rings (SSSR count). The number of hydrogen-bond donors (Lipinski definition) is 4. The van der Waals surface area contributed by atoms with Gasteiger partial charge in [-0.3, -0.25) is 9.59 Å². The van der Waals surface area contributed by atoms with E-state index in [4.69, 9.17) is 15.0 Å². The number of allylic oxidation sites excluding steroid dienone is 4. The lowest BCUT2D eigenvalue weighted by atomic mass is 10.00. The number of aliphatic carboxylic acids is 2. The molecule has 8 bridgehead atoms. The van der Waals surface area contributed by atoms with E-state index in [0.717, 1.165) is 78.1 Å². The normalized spacial score (nSPS) is 13.3. The predicted molar refractivity (Wildman–Crippen MR) is 156 cm³/mol. The number of rotatable bonds is 6. The Morgan fingerprint density at radius 3 is 2.00 bits per heavy atom. The van der Waals surface area contributed by atoms with E-state index in [1.807, 2.05) is 59.7 Å². The maximum atomic E-state index is 11.5. The van der Waals surface area contributed by atoms with Crippen molar-refractivity contribution in [1.29, 1.82) is 0 Å². The molecule has 0 aromatic carbocycles. The van der Waals surface area contributed by atoms with Crippen molar-refractivity contribution in [3.63, 3.8) is 0 Å². The highest BCUT2D eigenvalue weighted by atomic mass is 16.4. The average molecular weight is 540 g/mol. The van der Waals surface area contributed by atoms with Gasteiger partial charge in [0.05, 0.1) is 17.1 Å². The average Bonchev–Trinajstić information content (AvgIpc) is 3.53. The van der Waals surface area contributed by atoms with Gasteiger partial charge in [0.15, 0.2) is 5.82 Å². The highest BCUT2D eigenvalue weighted by Gasteiger charge is 2.21. The number of aryl methyl sites for hydroxylation is 4. The fourth-order valence-electron chi connectivity index (χ4n) is 5.29. The van der Waals surface area contributed by atoms with Gasteiger partial charge in [0.1, 0.15) is 5.65 Å². The lowest BCUT2D eigenvalue weighted by molar-refractivity contribution is -0.137. The number of nitrogens with zero attached hydrogens (tertiary/aromatic N) is 3. The Morgan fingerprint density at radius 2 is 1.30 bits per heavy atom. The topological polar surface area (TPSA) is 145 Å². The van der Waals surface area contributed by atoms with Crippen molar-refractivity contribution in [3.05, 3.63) is 63.4 Å². The van der Waals surface area contributed by atoms with Gasteiger partial charge in [-0.25, -0.2) is 15.0 Å². The molecule has 40 heavy (non-hydrogen) atoms. The van der Waals surface area contributed by atoms with Crippen LogP contribution >= 0.6 is 0 Å². The van der Waals surface area contributed by atoms with Crippen LogP contribution < -0.4 is 0 Å². The van der Waals surface area contributed by atoms with Gasteiger partial charge >= 0.3 is 11.9 Å². The molecule has 0 amide bonds. The van der Waals surface area contributed by atoms with Crippen LogP contribution in [0.5, 0.6) is 0 Å². The molecule has 9 heteroatoms. The maximum absolute atomic E-state index is 11.5. The molecular formula is C31H33N5O4. The van der Waals surface area contributed by atoms with Crippen molar-refractivity contribution in [3.8, 4) is 0 Å². The van der Waals surface area contributed by atoms with Crippen molar-refractivity contribution in [2.45, 2.75) is 67.2 Å². The van der Waals surface area contributed by atoms with E-state index < -0.39 is 11.9 Å². The zero-order chi connectivity index (χ0) is 28.9. The Hall–Kier alpha value is -4.53. The van der Waals surface area contributed by atoms with Crippen LogP contribution in [0.1, 0.15) is 85.2 Å². The predicted octanol–water partition coefficient (Wildman–Crippen LogP) is 6.40. The minimum Gasteiger partial charge on any atom is -0.481 e. The Kier molecular flexibility index (Phi) is 6.91. The minimum atomic E-state index is -0.878. The Morgan fingerprint density at radius 1 is 0.650 bits per heavy atom. The van der Waals surface area contributed by atoms with Gasteiger partial charge in [0, 0.05) is 29.4 Å². The highest BCUT2D eigenvalue weighted by molar-refractivity contribution is 5.95. The molecule has 0 spiro atoms. The van der Waals surface area contributed by atoms with E-state index in [2.05, 4.69) is 9.97 Å². The fraction of sp³-hybridized carbons (Fsp3) is 0.323. The molecule has 5 heterocycles. The molecule has 9 nitrogen and oxygen atoms in total. The molecule has 0 fully saturated rings. The molecule has 2 aliphatic rings. The lowest BCUT2D eigenvalue weighted by Crippen LogP contribution is -1.98. The summed E-state index contributed by atoms with van der Waals surface area (Å²) in [5.74, 6) is -1.11. The number of aromatic amines is 2. The molecule has 0 unspecified atom stereocenters. The third kappa shape index (κ3) is 4.83. The number of carboxylic acid groups (broad SMARTS) is 2. The summed E-state index contributed by atoms with van der Waals surface area (Å²) in [6.07, 6.45) is 0.644. The number of hydrogen-bond acceptors (Lipinski definition) is 5. The minimum absolute atomic E-state index is 0.00952. The summed E-state index contributed by atoms with van der Waals surface area (Å²) < 4.78 is 0. The van der Waals surface area contributed by atoms with Crippen molar-refractivity contribution < 1.29 is 19.8 Å². The van der Waals surface area contributed by atoms with Gasteiger partial charge in [-0.1, -0.05) is 0 Å². The van der Waals surface area contributed by atoms with Crippen LogP contribution in [-0.2, 0) is 16.0 Å². The van der Waals surface area contributed by atoms with Crippen molar-refractivity contribution in [2.75, 3.05) is 0 Å². The van der Waals surface area contributed by atoms with Crippen LogP contribution in [0.3, 0.4) is 0 Å². The summed E-state index contributed by atoms with van der Waals surface area (Å²) >= 11 is 0. The number of fused-ring (bicyclic) bond motifs is 8. The first-order valence-electron chi connectivity index (χ1n) is 13.3. The van der Waals surface area contributed by atoms with E-state index in [-0.39, 0.29) is 12.8 Å². The van der Waals surface area contributed by atoms with E-state index in [1.54, 1.807) is 0 Å². The monoisotopic (exact) mass is 539 g/mol. The molecule has 4 N–H and O–H groups in total. The van der Waals surface area contributed by atoms with Crippen molar-refractivity contribution >= 4 is 56.4 Å². The van der Waals surface area contributed by atoms with Crippen LogP contribution in [0.4, 0.5) is 0 Å². The van der Waals surface area contributed by atoms with Crippen LogP contribution in [-0.4, -0.2) is 47.1 Å². The summed E-state index contributed by atoms with van der Waals surface area (Å²) in [6, 6.07) is 5.89. The van der Waals surface area contributed by atoms with E-state index in [9.17, 15) is 19.8 Å². The van der Waals surface area contributed by atoms with Crippen LogP contribution in [0.25, 0.3) is 44.5 Å². The number of aromatic nitrogens is 5. The Labute approximate surface area is 231 Å². The second-order valence-electron chi connectivity index (χ2n) is 10.6. The van der Waals surface area contributed by atoms with Crippen LogP contribution in [0, 0.1) is 20.8 Å². The van der Waals surface area contributed by atoms with Gasteiger partial charge in [0.25, 0.3) is 0 Å². The second-order valence-corrected chi connectivity index (χ2v) is 10.6. The Bertz CT molecular complexity index is 1820. The molecular weight excluding hydrogens is 506 g/mol. The largest absolute Gasteiger partial charge is 0.481 e. The first-order chi connectivity index (χ1) is 18.9. The molecule has 0 radical (unpaired) electrons. The third-order valence-electron chi connectivity index (χ3n) is 8.16. The number of carbonyl (C=O) groups is 2. The van der Waals surface area contributed by atoms with E-state index in [0.29, 0.717) is 24.4 Å². The smallest absolute Gasteiger partial charge is 0.303 e. The lowest BCUT2D eigenvalue weighted by Gasteiger charge is -2.03. The van der Waals surface area contributed by atoms with Crippen LogP contribution in [0.2, 0.25) is 0 Å².